The Bertz CT molecular complexity index is 1270. The first kappa shape index (κ1) is 23.1. The molecule has 0 radical (unpaired) electrons. The molecule has 0 saturated heterocycles. The van der Waals surface area contributed by atoms with Gasteiger partial charge in [0.25, 0.3) is 15.7 Å². The van der Waals surface area contributed by atoms with Crippen LogP contribution in [0.2, 0.25) is 0 Å². The molecule has 0 atom stereocenters. The Morgan fingerprint density at radius 3 is 2.56 bits per heavy atom. The van der Waals surface area contributed by atoms with Crippen molar-refractivity contribution in [3.05, 3.63) is 64.4 Å². The summed E-state index contributed by atoms with van der Waals surface area (Å²) in [6, 6.07) is 9.25. The molecule has 10 nitrogen and oxygen atoms in total. The molecule has 0 aliphatic heterocycles. The summed E-state index contributed by atoms with van der Waals surface area (Å²) >= 11 is 0. The molecule has 11 heteroatoms. The molecule has 0 spiro atoms. The number of aromatic hydroxyl groups is 1. The number of carbonyl (C=O) groups excluding carboxylic acids is 1. The minimum atomic E-state index is -4.63. The van der Waals surface area contributed by atoms with Gasteiger partial charge >= 0.3 is 6.09 Å². The maximum atomic E-state index is 13.3. The van der Waals surface area contributed by atoms with Crippen LogP contribution in [0.15, 0.2) is 58.0 Å². The Balaban J connectivity index is 2.01. The van der Waals surface area contributed by atoms with E-state index in [1.54, 1.807) is 26.8 Å². The van der Waals surface area contributed by atoms with E-state index in [-0.39, 0.29) is 18.7 Å². The Labute approximate surface area is 184 Å². The van der Waals surface area contributed by atoms with Crippen LogP contribution < -0.4 is 0 Å². The molecule has 0 aliphatic rings. The molecule has 1 heterocycles. The van der Waals surface area contributed by atoms with Gasteiger partial charge in [-0.15, -0.1) is 0 Å². The number of carbonyl (C=O) groups is 1. The second-order valence-electron chi connectivity index (χ2n) is 7.97. The van der Waals surface area contributed by atoms with Crippen molar-refractivity contribution in [2.24, 2.45) is 0 Å². The lowest BCUT2D eigenvalue weighted by Gasteiger charge is -2.26. The number of hydrogen-bond acceptors (Lipinski definition) is 8. The molecule has 1 amide bonds. The van der Waals surface area contributed by atoms with E-state index in [4.69, 9.17) is 9.15 Å². The average molecular weight is 462 g/mol. The van der Waals surface area contributed by atoms with Crippen molar-refractivity contribution in [2.45, 2.75) is 37.7 Å². The van der Waals surface area contributed by atoms with Crippen molar-refractivity contribution in [2.75, 3.05) is 6.54 Å². The lowest BCUT2D eigenvalue weighted by Crippen LogP contribution is -2.42. The standard InChI is InChI=1S/C21H22N2O8S/c1-21(2,3)31-20(25)22(32(28,29)19-7-5-4-6-17(19)23(26)27)11-10-14-13-30-18-9-8-15(24)12-16(14)18/h4-9,12-13,24H,10-11H2,1-3H3. The van der Waals surface area contributed by atoms with E-state index in [1.807, 2.05) is 0 Å². The van der Waals surface area contributed by atoms with Gasteiger partial charge in [-0.3, -0.25) is 10.1 Å². The molecular formula is C21H22N2O8S. The van der Waals surface area contributed by atoms with Crippen LogP contribution in [0.1, 0.15) is 26.3 Å². The number of nitrogens with zero attached hydrogens (tertiary/aromatic N) is 2. The average Bonchev–Trinajstić information content (AvgIpc) is 3.08. The molecule has 1 aromatic heterocycles. The number of nitro benzene ring substituents is 1. The van der Waals surface area contributed by atoms with Crippen LogP contribution in [-0.2, 0) is 21.2 Å². The van der Waals surface area contributed by atoms with Crippen LogP contribution in [0, 0.1) is 10.1 Å². The first-order valence-electron chi connectivity index (χ1n) is 9.58. The number of nitro groups is 1. The predicted octanol–water partition coefficient (Wildman–Crippen LogP) is 4.22. The zero-order valence-electron chi connectivity index (χ0n) is 17.6. The number of fused-ring (bicyclic) bond motifs is 1. The van der Waals surface area contributed by atoms with E-state index in [1.165, 1.54) is 30.5 Å². The van der Waals surface area contributed by atoms with Crippen molar-refractivity contribution < 1.29 is 32.4 Å². The van der Waals surface area contributed by atoms with Crippen LogP contribution >= 0.6 is 0 Å². The molecule has 0 bridgehead atoms. The number of amides is 1. The second kappa shape index (κ2) is 8.50. The molecule has 0 fully saturated rings. The molecule has 3 rings (SSSR count). The summed E-state index contributed by atoms with van der Waals surface area (Å²) in [5.74, 6) is -0.00307. The summed E-state index contributed by atoms with van der Waals surface area (Å²) in [7, 11) is -4.63. The number of rotatable bonds is 6. The van der Waals surface area contributed by atoms with Crippen LogP contribution in [-0.4, -0.2) is 41.0 Å². The van der Waals surface area contributed by atoms with Gasteiger partial charge in [0.2, 0.25) is 0 Å². The second-order valence-corrected chi connectivity index (χ2v) is 9.80. The monoisotopic (exact) mass is 462 g/mol. The maximum absolute atomic E-state index is 13.3. The van der Waals surface area contributed by atoms with Crippen molar-refractivity contribution >= 4 is 32.8 Å². The molecule has 0 saturated carbocycles. The van der Waals surface area contributed by atoms with Crippen LogP contribution in [0.25, 0.3) is 11.0 Å². The van der Waals surface area contributed by atoms with Gasteiger partial charge in [0.15, 0.2) is 4.90 Å². The first-order chi connectivity index (χ1) is 14.9. The lowest BCUT2D eigenvalue weighted by molar-refractivity contribution is -0.387. The van der Waals surface area contributed by atoms with Gasteiger partial charge < -0.3 is 14.3 Å². The Morgan fingerprint density at radius 2 is 1.91 bits per heavy atom. The zero-order chi connectivity index (χ0) is 23.7. The SMILES string of the molecule is CC(C)(C)OC(=O)N(CCc1coc2ccc(O)cc12)S(=O)(=O)c1ccccc1[N+](=O)[O-]. The minimum Gasteiger partial charge on any atom is -0.508 e. The smallest absolute Gasteiger partial charge is 0.424 e. The largest absolute Gasteiger partial charge is 0.508 e. The van der Waals surface area contributed by atoms with Gasteiger partial charge in [0.1, 0.15) is 16.9 Å². The third-order valence-corrected chi connectivity index (χ3v) is 6.26. The van der Waals surface area contributed by atoms with Gasteiger partial charge in [-0.2, -0.15) is 4.31 Å². The topological polar surface area (TPSA) is 140 Å². The van der Waals surface area contributed by atoms with Gasteiger partial charge in [-0.1, -0.05) is 12.1 Å². The molecule has 2 aromatic carbocycles. The minimum absolute atomic E-state index is 0.00307. The summed E-state index contributed by atoms with van der Waals surface area (Å²) in [6.45, 7) is 4.36. The first-order valence-corrected chi connectivity index (χ1v) is 11.0. The molecule has 0 unspecified atom stereocenters. The zero-order valence-corrected chi connectivity index (χ0v) is 18.5. The highest BCUT2D eigenvalue weighted by atomic mass is 32.2. The van der Waals surface area contributed by atoms with Crippen molar-refractivity contribution in [1.29, 1.82) is 0 Å². The molecule has 0 aliphatic carbocycles. The van der Waals surface area contributed by atoms with Gasteiger partial charge in [-0.05, 0) is 51.5 Å². The van der Waals surface area contributed by atoms with Crippen LogP contribution in [0.4, 0.5) is 10.5 Å². The fourth-order valence-electron chi connectivity index (χ4n) is 3.05. The Kier molecular flexibility index (Phi) is 6.13. The van der Waals surface area contributed by atoms with E-state index >= 15 is 0 Å². The number of phenolic OH excluding ortho intramolecular Hbond substituents is 1. The van der Waals surface area contributed by atoms with Crippen molar-refractivity contribution in [3.8, 4) is 5.75 Å². The fraction of sp³-hybridized carbons (Fsp3) is 0.286. The van der Waals surface area contributed by atoms with Gasteiger partial charge in [-0.25, -0.2) is 13.2 Å². The quantitative estimate of drug-likeness (QED) is 0.424. The third kappa shape index (κ3) is 4.83. The highest BCUT2D eigenvalue weighted by molar-refractivity contribution is 7.89. The van der Waals surface area contributed by atoms with Crippen LogP contribution in [0.3, 0.4) is 0 Å². The number of furan rings is 1. The van der Waals surface area contributed by atoms with Crippen molar-refractivity contribution in [3.63, 3.8) is 0 Å². The molecule has 32 heavy (non-hydrogen) atoms. The Hall–Kier alpha value is -3.60. The Morgan fingerprint density at radius 1 is 1.22 bits per heavy atom. The fourth-order valence-corrected chi connectivity index (χ4v) is 4.51. The molecule has 170 valence electrons. The number of phenols is 1. The summed E-state index contributed by atoms with van der Waals surface area (Å²) in [6.07, 6.45) is 0.260. The van der Waals surface area contributed by atoms with Gasteiger partial charge in [0, 0.05) is 23.6 Å². The van der Waals surface area contributed by atoms with Crippen LogP contribution in [0.5, 0.6) is 5.75 Å². The maximum Gasteiger partial charge on any atom is 0.424 e. The summed E-state index contributed by atoms with van der Waals surface area (Å²) in [5, 5.41) is 21.7. The molecule has 3 aromatic rings. The summed E-state index contributed by atoms with van der Waals surface area (Å²) < 4.78 is 37.8. The van der Waals surface area contributed by atoms with Crippen molar-refractivity contribution in [1.82, 2.24) is 4.31 Å². The number of para-hydroxylation sites is 1. The highest BCUT2D eigenvalue weighted by Gasteiger charge is 2.37. The number of hydrogen-bond donors (Lipinski definition) is 1. The highest BCUT2D eigenvalue weighted by Crippen LogP contribution is 2.29. The van der Waals surface area contributed by atoms with E-state index in [0.29, 0.717) is 20.8 Å². The van der Waals surface area contributed by atoms with E-state index in [0.717, 1.165) is 12.1 Å². The van der Waals surface area contributed by atoms with E-state index in [9.17, 15) is 28.4 Å². The normalized spacial score (nSPS) is 12.0. The molecular weight excluding hydrogens is 440 g/mol. The van der Waals surface area contributed by atoms with E-state index < -0.39 is 37.2 Å². The number of sulfonamides is 1. The number of ether oxygens (including phenoxy) is 1. The number of benzene rings is 2. The third-order valence-electron chi connectivity index (χ3n) is 4.45. The summed E-state index contributed by atoms with van der Waals surface area (Å²) in [4.78, 5) is 22.8. The lowest BCUT2D eigenvalue weighted by atomic mass is 10.1. The molecule has 1 N–H and O–H groups in total. The van der Waals surface area contributed by atoms with Gasteiger partial charge in [0.05, 0.1) is 11.2 Å². The predicted molar refractivity (Wildman–Crippen MR) is 115 cm³/mol. The summed E-state index contributed by atoms with van der Waals surface area (Å²) in [5.41, 5.74) is -0.633. The van der Waals surface area contributed by atoms with E-state index in [2.05, 4.69) is 0 Å².